The predicted molar refractivity (Wildman–Crippen MR) is 42.8 cm³/mol. The van der Waals surface area contributed by atoms with Gasteiger partial charge in [0, 0.05) is 5.41 Å². The zero-order chi connectivity index (χ0) is 10.4. The summed E-state index contributed by atoms with van der Waals surface area (Å²) in [5.41, 5.74) is -2.65. The number of carbonyl (C=O) groups excluding carboxylic acids is 1. The summed E-state index contributed by atoms with van der Waals surface area (Å²) in [4.78, 5) is 10.9. The van der Waals surface area contributed by atoms with E-state index in [-0.39, 0.29) is 0 Å². The first kappa shape index (κ1) is 10.4. The Morgan fingerprint density at radius 1 is 1.54 bits per heavy atom. The molecule has 1 fully saturated rings. The Morgan fingerprint density at radius 2 is 1.92 bits per heavy atom. The molecule has 0 radical (unpaired) electrons. The van der Waals surface area contributed by atoms with E-state index in [0.29, 0.717) is 0 Å². The van der Waals surface area contributed by atoms with Gasteiger partial charge in [-0.1, -0.05) is 13.8 Å². The standard InChI is InChI=1S/C8H14O5/c1-7(2)6(11)8(7,12)4(9)5(10)13-3/h4,6,9,11-12H,1-3H3/t4-,6?,8-/m0/s1. The monoisotopic (exact) mass is 190 g/mol. The molecule has 13 heavy (non-hydrogen) atoms. The molecule has 0 heterocycles. The fourth-order valence-electron chi connectivity index (χ4n) is 1.54. The minimum Gasteiger partial charge on any atom is -0.467 e. The van der Waals surface area contributed by atoms with Crippen LogP contribution in [0.15, 0.2) is 0 Å². The second-order valence-electron chi connectivity index (χ2n) is 3.88. The Labute approximate surface area is 75.9 Å². The van der Waals surface area contributed by atoms with Crippen LogP contribution in [0, 0.1) is 5.41 Å². The van der Waals surface area contributed by atoms with Crippen molar-refractivity contribution in [3.63, 3.8) is 0 Å². The van der Waals surface area contributed by atoms with Gasteiger partial charge in [-0.25, -0.2) is 4.79 Å². The van der Waals surface area contributed by atoms with Gasteiger partial charge in [0.05, 0.1) is 13.2 Å². The van der Waals surface area contributed by atoms with E-state index < -0.39 is 29.2 Å². The van der Waals surface area contributed by atoms with E-state index in [4.69, 9.17) is 0 Å². The van der Waals surface area contributed by atoms with Crippen LogP contribution in [0.25, 0.3) is 0 Å². The summed E-state index contributed by atoms with van der Waals surface area (Å²) in [6, 6.07) is 0. The molecule has 3 N–H and O–H groups in total. The van der Waals surface area contributed by atoms with Gasteiger partial charge in [0.1, 0.15) is 5.60 Å². The van der Waals surface area contributed by atoms with Gasteiger partial charge >= 0.3 is 5.97 Å². The molecule has 3 atom stereocenters. The van der Waals surface area contributed by atoms with Crippen LogP contribution in [0.4, 0.5) is 0 Å². The van der Waals surface area contributed by atoms with E-state index >= 15 is 0 Å². The van der Waals surface area contributed by atoms with Crippen LogP contribution in [0.1, 0.15) is 13.8 Å². The molecule has 1 aliphatic rings. The molecule has 0 spiro atoms. The number of methoxy groups -OCH3 is 1. The third-order valence-electron chi connectivity index (χ3n) is 2.89. The molecular formula is C8H14O5. The molecule has 1 rings (SSSR count). The Hall–Kier alpha value is -0.650. The maximum Gasteiger partial charge on any atom is 0.337 e. The molecule has 0 amide bonds. The first-order chi connectivity index (χ1) is 5.80. The molecular weight excluding hydrogens is 176 g/mol. The number of carbonyl (C=O) groups is 1. The number of aliphatic hydroxyl groups excluding tert-OH is 2. The van der Waals surface area contributed by atoms with Crippen molar-refractivity contribution < 1.29 is 24.9 Å². The molecule has 5 nitrogen and oxygen atoms in total. The maximum atomic E-state index is 10.9. The fourth-order valence-corrected chi connectivity index (χ4v) is 1.54. The van der Waals surface area contributed by atoms with Crippen LogP contribution in [0.5, 0.6) is 0 Å². The van der Waals surface area contributed by atoms with Crippen LogP contribution >= 0.6 is 0 Å². The van der Waals surface area contributed by atoms with E-state index in [1.807, 2.05) is 0 Å². The first-order valence-electron chi connectivity index (χ1n) is 3.96. The lowest BCUT2D eigenvalue weighted by Gasteiger charge is -2.17. The van der Waals surface area contributed by atoms with Crippen molar-refractivity contribution in [2.75, 3.05) is 7.11 Å². The van der Waals surface area contributed by atoms with Gasteiger partial charge in [-0.05, 0) is 0 Å². The smallest absolute Gasteiger partial charge is 0.337 e. The Kier molecular flexibility index (Phi) is 2.14. The molecule has 0 aromatic rings. The molecule has 76 valence electrons. The predicted octanol–water partition coefficient (Wildman–Crippen LogP) is -1.35. The lowest BCUT2D eigenvalue weighted by atomic mass is 10.0. The Morgan fingerprint density at radius 3 is 2.15 bits per heavy atom. The van der Waals surface area contributed by atoms with Crippen LogP contribution in [0.2, 0.25) is 0 Å². The molecule has 0 aliphatic heterocycles. The fraction of sp³-hybridized carbons (Fsp3) is 0.875. The maximum absolute atomic E-state index is 10.9. The summed E-state index contributed by atoms with van der Waals surface area (Å²) in [5, 5.41) is 28.3. The van der Waals surface area contributed by atoms with Crippen LogP contribution in [0.3, 0.4) is 0 Å². The zero-order valence-corrected chi connectivity index (χ0v) is 7.81. The number of aliphatic hydroxyl groups is 3. The molecule has 1 saturated carbocycles. The number of rotatable bonds is 2. The highest BCUT2D eigenvalue weighted by Gasteiger charge is 2.76. The normalized spacial score (nSPS) is 38.2. The molecule has 0 aromatic carbocycles. The lowest BCUT2D eigenvalue weighted by Crippen LogP contribution is -2.41. The quantitative estimate of drug-likeness (QED) is 0.469. The Bertz CT molecular complexity index is 237. The first-order valence-corrected chi connectivity index (χ1v) is 3.96. The minimum atomic E-state index is -1.78. The summed E-state index contributed by atoms with van der Waals surface area (Å²) in [6.07, 6.45) is -2.79. The number of esters is 1. The second-order valence-corrected chi connectivity index (χ2v) is 3.88. The summed E-state index contributed by atoms with van der Waals surface area (Å²) in [7, 11) is 1.11. The molecule has 0 bridgehead atoms. The lowest BCUT2D eigenvalue weighted by molar-refractivity contribution is -0.161. The molecule has 0 aromatic heterocycles. The van der Waals surface area contributed by atoms with E-state index in [1.54, 1.807) is 13.8 Å². The van der Waals surface area contributed by atoms with Crippen molar-refractivity contribution in [3.05, 3.63) is 0 Å². The van der Waals surface area contributed by atoms with E-state index in [9.17, 15) is 20.1 Å². The topological polar surface area (TPSA) is 87.0 Å². The average molecular weight is 190 g/mol. The van der Waals surface area contributed by atoms with Crippen molar-refractivity contribution in [3.8, 4) is 0 Å². The summed E-state index contributed by atoms with van der Waals surface area (Å²) in [5.74, 6) is -0.938. The number of hydrogen-bond acceptors (Lipinski definition) is 5. The van der Waals surface area contributed by atoms with Gasteiger partial charge in [-0.15, -0.1) is 0 Å². The van der Waals surface area contributed by atoms with Gasteiger partial charge in [0.25, 0.3) is 0 Å². The molecule has 1 unspecified atom stereocenters. The summed E-state index contributed by atoms with van der Waals surface area (Å²) < 4.78 is 4.26. The van der Waals surface area contributed by atoms with Crippen LogP contribution in [-0.4, -0.2) is 46.2 Å². The minimum absolute atomic E-state index is 0.874. The highest BCUT2D eigenvalue weighted by Crippen LogP contribution is 2.57. The van der Waals surface area contributed by atoms with Gasteiger partial charge in [0.2, 0.25) is 0 Å². The highest BCUT2D eigenvalue weighted by molar-refractivity contribution is 5.77. The van der Waals surface area contributed by atoms with Crippen LogP contribution < -0.4 is 0 Å². The van der Waals surface area contributed by atoms with Crippen molar-refractivity contribution in [2.24, 2.45) is 5.41 Å². The molecule has 5 heteroatoms. The SMILES string of the molecule is COC(=O)[C@H](O)[C@]1(O)C(O)C1(C)C. The summed E-state index contributed by atoms with van der Waals surface area (Å²) in [6.45, 7) is 3.12. The van der Waals surface area contributed by atoms with Crippen molar-refractivity contribution in [1.29, 1.82) is 0 Å². The highest BCUT2D eigenvalue weighted by atomic mass is 16.5. The van der Waals surface area contributed by atoms with Crippen molar-refractivity contribution >= 4 is 5.97 Å². The second kappa shape index (κ2) is 2.67. The van der Waals surface area contributed by atoms with E-state index in [2.05, 4.69) is 4.74 Å². The molecule has 0 saturated heterocycles. The summed E-state index contributed by atoms with van der Waals surface area (Å²) >= 11 is 0. The van der Waals surface area contributed by atoms with Gasteiger partial charge in [-0.3, -0.25) is 0 Å². The average Bonchev–Trinajstić information content (AvgIpc) is 2.48. The molecule has 1 aliphatic carbocycles. The third-order valence-corrected chi connectivity index (χ3v) is 2.89. The largest absolute Gasteiger partial charge is 0.467 e. The van der Waals surface area contributed by atoms with Gasteiger partial charge in [-0.2, -0.15) is 0 Å². The third kappa shape index (κ3) is 1.08. The zero-order valence-electron chi connectivity index (χ0n) is 7.81. The van der Waals surface area contributed by atoms with Gasteiger partial charge < -0.3 is 20.1 Å². The number of ether oxygens (including phenoxy) is 1. The van der Waals surface area contributed by atoms with Gasteiger partial charge in [0.15, 0.2) is 6.10 Å². The van der Waals surface area contributed by atoms with E-state index in [0.717, 1.165) is 7.11 Å². The van der Waals surface area contributed by atoms with Crippen molar-refractivity contribution in [1.82, 2.24) is 0 Å². The van der Waals surface area contributed by atoms with Crippen molar-refractivity contribution in [2.45, 2.75) is 31.7 Å². The number of hydrogen-bond donors (Lipinski definition) is 3. The van der Waals surface area contributed by atoms with E-state index in [1.165, 1.54) is 0 Å². The van der Waals surface area contributed by atoms with Crippen LogP contribution in [-0.2, 0) is 9.53 Å². The Balaban J connectivity index is 2.80.